The Labute approximate surface area is 175 Å². The molecule has 1 saturated heterocycles. The van der Waals surface area contributed by atoms with Crippen LogP contribution in [0.1, 0.15) is 57.4 Å². The van der Waals surface area contributed by atoms with Crippen LogP contribution in [0.5, 0.6) is 0 Å². The Bertz CT molecular complexity index is 757. The second-order valence-electron chi connectivity index (χ2n) is 8.13. The van der Waals surface area contributed by atoms with E-state index >= 15 is 0 Å². The largest absolute Gasteiger partial charge is 0.356 e. The Morgan fingerprint density at radius 1 is 1.07 bits per heavy atom. The molecule has 2 heterocycles. The normalized spacial score (nSPS) is 16.6. The fourth-order valence-corrected chi connectivity index (χ4v) is 3.84. The van der Waals surface area contributed by atoms with Gasteiger partial charge in [-0.1, -0.05) is 62.4 Å². The predicted octanol–water partition coefficient (Wildman–Crippen LogP) is 4.76. The molecule has 2 aromatic rings. The highest BCUT2D eigenvalue weighted by atomic mass is 16.1. The lowest BCUT2D eigenvalue weighted by molar-refractivity contribution is -0.125. The van der Waals surface area contributed by atoms with Gasteiger partial charge >= 0.3 is 0 Å². The maximum absolute atomic E-state index is 12.6. The molecule has 1 amide bonds. The van der Waals surface area contributed by atoms with Crippen LogP contribution in [0.3, 0.4) is 0 Å². The summed E-state index contributed by atoms with van der Waals surface area (Å²) in [4.78, 5) is 23.9. The number of unbranched alkanes of at least 4 members (excludes halogenated alkanes) is 4. The Kier molecular flexibility index (Phi) is 8.03. The summed E-state index contributed by atoms with van der Waals surface area (Å²) in [6.45, 7) is 6.70. The van der Waals surface area contributed by atoms with Crippen molar-refractivity contribution in [2.75, 3.05) is 24.5 Å². The number of hydrogen-bond acceptors (Lipinski definition) is 4. The van der Waals surface area contributed by atoms with Gasteiger partial charge < -0.3 is 10.2 Å². The second-order valence-corrected chi connectivity index (χ2v) is 8.13. The van der Waals surface area contributed by atoms with Crippen molar-refractivity contribution in [2.45, 2.75) is 58.8 Å². The third-order valence-electron chi connectivity index (χ3n) is 5.68. The van der Waals surface area contributed by atoms with Gasteiger partial charge in [0.05, 0.1) is 5.92 Å². The first kappa shape index (κ1) is 21.3. The van der Waals surface area contributed by atoms with Gasteiger partial charge in [0.2, 0.25) is 11.9 Å². The van der Waals surface area contributed by atoms with E-state index in [9.17, 15) is 4.79 Å². The molecule has 1 aliphatic rings. The molecule has 1 aromatic carbocycles. The maximum atomic E-state index is 12.6. The Hall–Kier alpha value is -2.43. The molecule has 1 fully saturated rings. The van der Waals surface area contributed by atoms with Crippen molar-refractivity contribution < 1.29 is 4.79 Å². The molecule has 5 heteroatoms. The van der Waals surface area contributed by atoms with Crippen LogP contribution in [0, 0.1) is 12.8 Å². The smallest absolute Gasteiger partial charge is 0.225 e. The zero-order valence-electron chi connectivity index (χ0n) is 17.9. The highest BCUT2D eigenvalue weighted by Crippen LogP contribution is 2.23. The molecule has 0 radical (unpaired) electrons. The van der Waals surface area contributed by atoms with E-state index in [1.165, 1.54) is 31.2 Å². The van der Waals surface area contributed by atoms with Crippen LogP contribution in [0.25, 0.3) is 11.1 Å². The van der Waals surface area contributed by atoms with Crippen molar-refractivity contribution in [3.05, 3.63) is 42.2 Å². The number of anilines is 1. The lowest BCUT2D eigenvalue weighted by Gasteiger charge is -2.32. The number of benzene rings is 1. The first-order chi connectivity index (χ1) is 14.2. The van der Waals surface area contributed by atoms with Crippen molar-refractivity contribution >= 4 is 11.9 Å². The number of carbonyl (C=O) groups excluding carboxylic acids is 1. The van der Waals surface area contributed by atoms with E-state index in [0.717, 1.165) is 49.4 Å². The first-order valence-corrected chi connectivity index (χ1v) is 11.1. The highest BCUT2D eigenvalue weighted by molar-refractivity contribution is 5.79. The van der Waals surface area contributed by atoms with Crippen molar-refractivity contribution in [3.8, 4) is 11.1 Å². The fraction of sp³-hybridized carbons (Fsp3) is 0.542. The monoisotopic (exact) mass is 394 g/mol. The van der Waals surface area contributed by atoms with Gasteiger partial charge in [0.25, 0.3) is 0 Å². The van der Waals surface area contributed by atoms with Gasteiger partial charge in [0.1, 0.15) is 0 Å². The van der Waals surface area contributed by atoms with Crippen LogP contribution in [-0.4, -0.2) is 35.5 Å². The maximum Gasteiger partial charge on any atom is 0.225 e. The molecule has 1 atom stereocenters. The topological polar surface area (TPSA) is 58.1 Å². The van der Waals surface area contributed by atoms with Crippen LogP contribution in [-0.2, 0) is 4.79 Å². The number of aromatic nitrogens is 2. The van der Waals surface area contributed by atoms with Gasteiger partial charge in [0.15, 0.2) is 0 Å². The molecular weight excluding hydrogens is 360 g/mol. The summed E-state index contributed by atoms with van der Waals surface area (Å²) in [5.41, 5.74) is 3.38. The molecule has 0 unspecified atom stereocenters. The zero-order chi connectivity index (χ0) is 20.5. The van der Waals surface area contributed by atoms with E-state index in [1.807, 2.05) is 12.4 Å². The number of hydrogen-bond donors (Lipinski definition) is 1. The summed E-state index contributed by atoms with van der Waals surface area (Å²) in [6, 6.07) is 8.39. The lowest BCUT2D eigenvalue weighted by atomic mass is 9.97. The van der Waals surface area contributed by atoms with Gasteiger partial charge in [-0.05, 0) is 31.7 Å². The van der Waals surface area contributed by atoms with E-state index in [1.54, 1.807) is 0 Å². The quantitative estimate of drug-likeness (QED) is 0.623. The third kappa shape index (κ3) is 6.28. The number of aryl methyl sites for hydroxylation is 1. The van der Waals surface area contributed by atoms with E-state index < -0.39 is 0 Å². The molecule has 5 nitrogen and oxygen atoms in total. The Morgan fingerprint density at radius 3 is 2.52 bits per heavy atom. The molecule has 3 rings (SSSR count). The van der Waals surface area contributed by atoms with Crippen molar-refractivity contribution in [1.82, 2.24) is 15.3 Å². The van der Waals surface area contributed by atoms with Crippen LogP contribution in [0.2, 0.25) is 0 Å². The minimum Gasteiger partial charge on any atom is -0.356 e. The van der Waals surface area contributed by atoms with Crippen molar-refractivity contribution in [1.29, 1.82) is 0 Å². The van der Waals surface area contributed by atoms with Gasteiger partial charge in [-0.3, -0.25) is 4.79 Å². The van der Waals surface area contributed by atoms with Gasteiger partial charge in [-0.25, -0.2) is 9.97 Å². The summed E-state index contributed by atoms with van der Waals surface area (Å²) in [5, 5.41) is 3.13. The molecule has 156 valence electrons. The average Bonchev–Trinajstić information content (AvgIpc) is 2.77. The molecule has 1 aliphatic heterocycles. The van der Waals surface area contributed by atoms with E-state index in [4.69, 9.17) is 0 Å². The fourth-order valence-electron chi connectivity index (χ4n) is 3.84. The summed E-state index contributed by atoms with van der Waals surface area (Å²) >= 11 is 0. The third-order valence-corrected chi connectivity index (χ3v) is 5.68. The van der Waals surface area contributed by atoms with Crippen molar-refractivity contribution in [3.63, 3.8) is 0 Å². The minimum absolute atomic E-state index is 0.0276. The summed E-state index contributed by atoms with van der Waals surface area (Å²) in [6.07, 6.45) is 11.8. The molecule has 0 bridgehead atoms. The molecule has 0 spiro atoms. The number of carbonyl (C=O) groups is 1. The van der Waals surface area contributed by atoms with Gasteiger partial charge in [-0.2, -0.15) is 0 Å². The van der Waals surface area contributed by atoms with Crippen LogP contribution in [0.15, 0.2) is 36.7 Å². The summed E-state index contributed by atoms with van der Waals surface area (Å²) in [5.74, 6) is 0.930. The highest BCUT2D eigenvalue weighted by Gasteiger charge is 2.26. The van der Waals surface area contributed by atoms with Gasteiger partial charge in [-0.15, -0.1) is 0 Å². The molecule has 0 saturated carbocycles. The van der Waals surface area contributed by atoms with E-state index in [-0.39, 0.29) is 11.8 Å². The van der Waals surface area contributed by atoms with Crippen molar-refractivity contribution in [2.24, 2.45) is 5.92 Å². The minimum atomic E-state index is 0.0276. The molecule has 1 N–H and O–H groups in total. The SMILES string of the molecule is CCCCCCCNC(=O)[C@H]1CCCN(c2ncc(-c3ccc(C)cc3)cn2)C1. The first-order valence-electron chi connectivity index (χ1n) is 11.1. The number of nitrogens with zero attached hydrogens (tertiary/aromatic N) is 3. The number of piperidine rings is 1. The molecular formula is C24H34N4O. The average molecular weight is 395 g/mol. The summed E-state index contributed by atoms with van der Waals surface area (Å²) < 4.78 is 0. The van der Waals surface area contributed by atoms with Gasteiger partial charge in [0, 0.05) is 37.6 Å². The Balaban J connectivity index is 1.51. The summed E-state index contributed by atoms with van der Waals surface area (Å²) in [7, 11) is 0. The number of nitrogens with one attached hydrogen (secondary N) is 1. The van der Waals surface area contributed by atoms with E-state index in [0.29, 0.717) is 6.54 Å². The van der Waals surface area contributed by atoms with Crippen LogP contribution in [0.4, 0.5) is 5.95 Å². The standard InChI is InChI=1S/C24H34N4O/c1-3-4-5-6-7-14-25-23(29)21-9-8-15-28(18-21)24-26-16-22(17-27-24)20-12-10-19(2)11-13-20/h10-13,16-17,21H,3-9,14-15,18H2,1-2H3,(H,25,29)/t21-/m0/s1. The van der Waals surface area contributed by atoms with Crippen LogP contribution >= 0.6 is 0 Å². The number of rotatable bonds is 9. The molecule has 1 aromatic heterocycles. The molecule has 29 heavy (non-hydrogen) atoms. The van der Waals surface area contributed by atoms with Crippen LogP contribution < -0.4 is 10.2 Å². The van der Waals surface area contributed by atoms with E-state index in [2.05, 4.69) is 58.3 Å². The Morgan fingerprint density at radius 2 is 1.79 bits per heavy atom. The molecule has 0 aliphatic carbocycles. The predicted molar refractivity (Wildman–Crippen MR) is 119 cm³/mol. The zero-order valence-corrected chi connectivity index (χ0v) is 17.9. The lowest BCUT2D eigenvalue weighted by Crippen LogP contribution is -2.43. The number of amides is 1. The second kappa shape index (κ2) is 10.9.